The van der Waals surface area contributed by atoms with E-state index in [2.05, 4.69) is 4.98 Å². The lowest BCUT2D eigenvalue weighted by Gasteiger charge is -2.39. The number of anilines is 1. The van der Waals surface area contributed by atoms with Crippen molar-refractivity contribution in [3.05, 3.63) is 23.4 Å². The Hall–Kier alpha value is -1.83. The zero-order chi connectivity index (χ0) is 15.8. The molecule has 1 fully saturated rings. The summed E-state index contributed by atoms with van der Waals surface area (Å²) in [4.78, 5) is 5.36. The van der Waals surface area contributed by atoms with Crippen molar-refractivity contribution in [2.75, 3.05) is 24.6 Å². The largest absolute Gasteiger partial charge is 0.433 e. The summed E-state index contributed by atoms with van der Waals surface area (Å²) < 4.78 is 44.0. The van der Waals surface area contributed by atoms with E-state index in [1.165, 1.54) is 6.07 Å². The summed E-state index contributed by atoms with van der Waals surface area (Å²) in [5, 5.41) is 7.52. The highest BCUT2D eigenvalue weighted by Gasteiger charge is 2.35. The van der Waals surface area contributed by atoms with E-state index in [9.17, 15) is 13.2 Å². The number of nitrogens with two attached hydrogens (primary N) is 1. The highest BCUT2D eigenvalue weighted by Crippen LogP contribution is 2.31. The van der Waals surface area contributed by atoms with Gasteiger partial charge in [0.2, 0.25) is 0 Å². The number of morpholine rings is 1. The lowest BCUT2D eigenvalue weighted by atomic mass is 10.1. The second-order valence-electron chi connectivity index (χ2n) is 5.51. The Balaban J connectivity index is 2.46. The zero-order valence-corrected chi connectivity index (χ0v) is 11.8. The van der Waals surface area contributed by atoms with Crippen LogP contribution >= 0.6 is 0 Å². The minimum atomic E-state index is -4.54. The fraction of sp³-hybridized carbons (Fsp3) is 0.538. The predicted octanol–water partition coefficient (Wildman–Crippen LogP) is 2.00. The molecule has 0 radical (unpaired) electrons. The SMILES string of the molecule is CC1(C)CN(c2nc(C(F)(F)F)ccc2C(=N)N)CCO1. The highest BCUT2D eigenvalue weighted by molar-refractivity contribution is 5.99. The van der Waals surface area contributed by atoms with Crippen LogP contribution in [-0.2, 0) is 10.9 Å². The Morgan fingerprint density at radius 2 is 2.10 bits per heavy atom. The second-order valence-corrected chi connectivity index (χ2v) is 5.51. The van der Waals surface area contributed by atoms with Crippen molar-refractivity contribution in [3.8, 4) is 0 Å². The number of hydrogen-bond donors (Lipinski definition) is 2. The molecule has 0 aromatic carbocycles. The summed E-state index contributed by atoms with van der Waals surface area (Å²) >= 11 is 0. The van der Waals surface area contributed by atoms with E-state index in [0.717, 1.165) is 6.07 Å². The molecule has 1 aromatic heterocycles. The molecule has 1 aliphatic heterocycles. The van der Waals surface area contributed by atoms with Gasteiger partial charge in [-0.15, -0.1) is 0 Å². The lowest BCUT2D eigenvalue weighted by Crippen LogP contribution is -2.49. The second kappa shape index (κ2) is 5.18. The summed E-state index contributed by atoms with van der Waals surface area (Å²) in [5.74, 6) is -0.232. The molecule has 0 aliphatic carbocycles. The maximum absolute atomic E-state index is 12.8. The number of ether oxygens (including phenoxy) is 1. The maximum atomic E-state index is 12.8. The Morgan fingerprint density at radius 3 is 2.62 bits per heavy atom. The molecule has 2 heterocycles. The molecule has 1 saturated heterocycles. The molecule has 0 unspecified atom stereocenters. The van der Waals surface area contributed by atoms with Crippen LogP contribution in [0.3, 0.4) is 0 Å². The number of pyridine rings is 1. The molecule has 5 nitrogen and oxygen atoms in total. The summed E-state index contributed by atoms with van der Waals surface area (Å²) in [6, 6.07) is 2.03. The minimum absolute atomic E-state index is 0.0775. The topological polar surface area (TPSA) is 75.2 Å². The van der Waals surface area contributed by atoms with Gasteiger partial charge in [0.1, 0.15) is 17.3 Å². The van der Waals surface area contributed by atoms with Crippen LogP contribution in [-0.4, -0.2) is 36.1 Å². The van der Waals surface area contributed by atoms with Gasteiger partial charge in [0.05, 0.1) is 17.8 Å². The van der Waals surface area contributed by atoms with E-state index in [1.54, 1.807) is 4.90 Å². The molecule has 1 aliphatic rings. The van der Waals surface area contributed by atoms with Crippen molar-refractivity contribution in [1.29, 1.82) is 5.41 Å². The molecule has 3 N–H and O–H groups in total. The van der Waals surface area contributed by atoms with Gasteiger partial charge in [0.15, 0.2) is 0 Å². The monoisotopic (exact) mass is 302 g/mol. The van der Waals surface area contributed by atoms with Gasteiger partial charge in [-0.05, 0) is 26.0 Å². The van der Waals surface area contributed by atoms with Crippen LogP contribution < -0.4 is 10.6 Å². The smallest absolute Gasteiger partial charge is 0.384 e. The summed E-state index contributed by atoms with van der Waals surface area (Å²) in [5.41, 5.74) is 4.16. The molecule has 116 valence electrons. The summed E-state index contributed by atoms with van der Waals surface area (Å²) in [6.45, 7) is 4.85. The number of nitrogen functional groups attached to an aromatic ring is 1. The Labute approximate surface area is 120 Å². The van der Waals surface area contributed by atoms with E-state index >= 15 is 0 Å². The first-order valence-corrected chi connectivity index (χ1v) is 6.42. The van der Waals surface area contributed by atoms with Crippen LogP contribution in [0.1, 0.15) is 25.1 Å². The van der Waals surface area contributed by atoms with Crippen molar-refractivity contribution in [3.63, 3.8) is 0 Å². The molecule has 21 heavy (non-hydrogen) atoms. The number of rotatable bonds is 2. The first kappa shape index (κ1) is 15.6. The van der Waals surface area contributed by atoms with E-state index < -0.39 is 17.5 Å². The number of alkyl halides is 3. The van der Waals surface area contributed by atoms with Gasteiger partial charge in [0.25, 0.3) is 0 Å². The van der Waals surface area contributed by atoms with Crippen LogP contribution in [0.2, 0.25) is 0 Å². The Morgan fingerprint density at radius 1 is 1.43 bits per heavy atom. The lowest BCUT2D eigenvalue weighted by molar-refractivity contribution is -0.141. The molecule has 0 spiro atoms. The third-order valence-corrected chi connectivity index (χ3v) is 3.18. The predicted molar refractivity (Wildman–Crippen MR) is 72.5 cm³/mol. The fourth-order valence-corrected chi connectivity index (χ4v) is 2.25. The van der Waals surface area contributed by atoms with Crippen molar-refractivity contribution < 1.29 is 17.9 Å². The third-order valence-electron chi connectivity index (χ3n) is 3.18. The van der Waals surface area contributed by atoms with E-state index in [1.807, 2.05) is 13.8 Å². The molecular weight excluding hydrogens is 285 g/mol. The normalized spacial score (nSPS) is 18.6. The van der Waals surface area contributed by atoms with Crippen molar-refractivity contribution in [2.24, 2.45) is 5.73 Å². The molecular formula is C13H17F3N4O. The maximum Gasteiger partial charge on any atom is 0.433 e. The third kappa shape index (κ3) is 3.44. The molecule has 0 amide bonds. The van der Waals surface area contributed by atoms with Crippen molar-refractivity contribution in [1.82, 2.24) is 4.98 Å². The van der Waals surface area contributed by atoms with Crippen LogP contribution in [0.25, 0.3) is 0 Å². The van der Waals surface area contributed by atoms with Gasteiger partial charge in [-0.1, -0.05) is 0 Å². The Kier molecular flexibility index (Phi) is 3.83. The molecule has 1 aromatic rings. The average molecular weight is 302 g/mol. The van der Waals surface area contributed by atoms with Crippen molar-refractivity contribution >= 4 is 11.7 Å². The summed E-state index contributed by atoms with van der Waals surface area (Å²) in [7, 11) is 0. The van der Waals surface area contributed by atoms with Gasteiger partial charge in [0, 0.05) is 13.1 Å². The average Bonchev–Trinajstić information content (AvgIpc) is 2.35. The van der Waals surface area contributed by atoms with Gasteiger partial charge >= 0.3 is 6.18 Å². The van der Waals surface area contributed by atoms with Gasteiger partial charge in [-0.2, -0.15) is 13.2 Å². The number of hydrogen-bond acceptors (Lipinski definition) is 4. The quantitative estimate of drug-likeness (QED) is 0.647. The molecule has 2 rings (SSSR count). The van der Waals surface area contributed by atoms with E-state index in [0.29, 0.717) is 19.7 Å². The summed E-state index contributed by atoms with van der Waals surface area (Å²) in [6.07, 6.45) is -4.54. The number of aromatic nitrogens is 1. The number of nitrogens with one attached hydrogen (secondary N) is 1. The first-order chi connectivity index (χ1) is 9.60. The van der Waals surface area contributed by atoms with Crippen LogP contribution in [0.15, 0.2) is 12.1 Å². The Bertz CT molecular complexity index is 557. The molecule has 0 saturated carbocycles. The molecule has 8 heteroatoms. The number of nitrogens with zero attached hydrogens (tertiary/aromatic N) is 2. The minimum Gasteiger partial charge on any atom is -0.384 e. The fourth-order valence-electron chi connectivity index (χ4n) is 2.25. The highest BCUT2D eigenvalue weighted by atomic mass is 19.4. The molecule has 0 bridgehead atoms. The van der Waals surface area contributed by atoms with Crippen LogP contribution in [0, 0.1) is 5.41 Å². The van der Waals surface area contributed by atoms with E-state index in [4.69, 9.17) is 15.9 Å². The van der Waals surface area contributed by atoms with Gasteiger partial charge < -0.3 is 15.4 Å². The number of amidine groups is 1. The van der Waals surface area contributed by atoms with Gasteiger partial charge in [-0.25, -0.2) is 4.98 Å². The van der Waals surface area contributed by atoms with Crippen LogP contribution in [0.4, 0.5) is 19.0 Å². The van der Waals surface area contributed by atoms with Crippen LogP contribution in [0.5, 0.6) is 0 Å². The van der Waals surface area contributed by atoms with Gasteiger partial charge in [-0.3, -0.25) is 5.41 Å². The van der Waals surface area contributed by atoms with E-state index in [-0.39, 0.29) is 17.2 Å². The standard InChI is InChI=1S/C13H17F3N4O/c1-12(2)7-20(5-6-21-12)11-8(10(17)18)3-4-9(19-11)13(14,15)16/h3-4H,5-7H2,1-2H3,(H3,17,18). The number of halogens is 3. The zero-order valence-electron chi connectivity index (χ0n) is 11.8. The first-order valence-electron chi connectivity index (χ1n) is 6.42. The molecule has 0 atom stereocenters. The van der Waals surface area contributed by atoms with Crippen molar-refractivity contribution in [2.45, 2.75) is 25.6 Å².